The number of aryl methyl sites for hydroxylation is 1. The predicted octanol–water partition coefficient (Wildman–Crippen LogP) is 5.41. The van der Waals surface area contributed by atoms with Gasteiger partial charge >= 0.3 is 0 Å². The maximum absolute atomic E-state index is 5.77. The van der Waals surface area contributed by atoms with E-state index in [1.165, 1.54) is 0 Å². The maximum Gasteiger partial charge on any atom is 0.231 e. The second-order valence-corrected chi connectivity index (χ2v) is 10.1. The van der Waals surface area contributed by atoms with Crippen LogP contribution in [-0.4, -0.2) is 54.2 Å². The Morgan fingerprint density at radius 2 is 1.81 bits per heavy atom. The fraction of sp³-hybridized carbons (Fsp3) is 0.458. The van der Waals surface area contributed by atoms with E-state index in [0.717, 1.165) is 57.5 Å². The van der Waals surface area contributed by atoms with Gasteiger partial charge in [-0.15, -0.1) is 10.2 Å². The molecule has 4 aromatic rings. The molecule has 0 spiro atoms. The first-order chi connectivity index (χ1) is 17.5. The lowest BCUT2D eigenvalue weighted by Gasteiger charge is -2.27. The van der Waals surface area contributed by atoms with E-state index >= 15 is 0 Å². The Balaban J connectivity index is 1.65. The molecular weight excluding hydrogens is 592 g/mol. The standard InChI is InChI=1S/C24H30Br2N8O2/c1-5-7-8-20-27-23(24(35-3,36-4)13-6-2)30-33(20)15-16-9-11-17(12-10-16)34-19(26)14-18(25)21(34)22-28-31-32-29-22/h9-12,14H,5-8,13,15H2,1-4H3,(H,28,29,31,32). The highest BCUT2D eigenvalue weighted by Crippen LogP contribution is 2.35. The van der Waals surface area contributed by atoms with E-state index < -0.39 is 5.79 Å². The van der Waals surface area contributed by atoms with Gasteiger partial charge in [-0.3, -0.25) is 4.57 Å². The van der Waals surface area contributed by atoms with Gasteiger partial charge in [0.1, 0.15) is 11.5 Å². The fourth-order valence-electron chi connectivity index (χ4n) is 4.20. The van der Waals surface area contributed by atoms with Gasteiger partial charge in [0.25, 0.3) is 0 Å². The van der Waals surface area contributed by atoms with Gasteiger partial charge in [-0.05, 0) is 72.5 Å². The van der Waals surface area contributed by atoms with Crippen molar-refractivity contribution in [2.24, 2.45) is 0 Å². The van der Waals surface area contributed by atoms with Gasteiger partial charge < -0.3 is 9.47 Å². The molecule has 0 bridgehead atoms. The quantitative estimate of drug-likeness (QED) is 0.211. The summed E-state index contributed by atoms with van der Waals surface area (Å²) in [5, 5.41) is 19.2. The molecule has 3 aromatic heterocycles. The van der Waals surface area contributed by atoms with Crippen molar-refractivity contribution in [3.05, 3.63) is 56.6 Å². The van der Waals surface area contributed by atoms with Gasteiger partial charge in [-0.1, -0.05) is 38.8 Å². The van der Waals surface area contributed by atoms with E-state index in [9.17, 15) is 0 Å². The van der Waals surface area contributed by atoms with Gasteiger partial charge in [0, 0.05) is 37.2 Å². The Bertz CT molecular complexity index is 1260. The summed E-state index contributed by atoms with van der Waals surface area (Å²) >= 11 is 7.26. The number of aromatic nitrogens is 8. The van der Waals surface area contributed by atoms with Crippen LogP contribution in [0.5, 0.6) is 0 Å². The fourth-order valence-corrected chi connectivity index (χ4v) is 5.70. The number of hydrogen-bond donors (Lipinski definition) is 1. The second kappa shape index (κ2) is 11.8. The van der Waals surface area contributed by atoms with Crippen LogP contribution < -0.4 is 0 Å². The number of tetrazole rings is 1. The largest absolute Gasteiger partial charge is 0.347 e. The highest BCUT2D eigenvalue weighted by atomic mass is 79.9. The van der Waals surface area contributed by atoms with Crippen molar-refractivity contribution in [3.63, 3.8) is 0 Å². The summed E-state index contributed by atoms with van der Waals surface area (Å²) in [6.07, 6.45) is 4.52. The zero-order chi connectivity index (χ0) is 25.7. The molecule has 10 nitrogen and oxygen atoms in total. The number of rotatable bonds is 12. The number of H-pyrrole nitrogens is 1. The number of halogens is 2. The number of aromatic amines is 1. The molecule has 0 aliphatic heterocycles. The highest BCUT2D eigenvalue weighted by Gasteiger charge is 2.36. The van der Waals surface area contributed by atoms with E-state index in [4.69, 9.17) is 19.6 Å². The summed E-state index contributed by atoms with van der Waals surface area (Å²) in [5.74, 6) is 1.13. The molecule has 0 fully saturated rings. The zero-order valence-corrected chi connectivity index (χ0v) is 24.0. The van der Waals surface area contributed by atoms with E-state index in [1.54, 1.807) is 14.2 Å². The first-order valence-electron chi connectivity index (χ1n) is 11.9. The Kier molecular flexibility index (Phi) is 8.70. The second-order valence-electron chi connectivity index (χ2n) is 8.44. The van der Waals surface area contributed by atoms with Crippen molar-refractivity contribution >= 4 is 31.9 Å². The highest BCUT2D eigenvalue weighted by molar-refractivity contribution is 9.11. The van der Waals surface area contributed by atoms with Crippen molar-refractivity contribution in [1.82, 2.24) is 40.0 Å². The van der Waals surface area contributed by atoms with Crippen molar-refractivity contribution in [2.75, 3.05) is 14.2 Å². The minimum atomic E-state index is -0.940. The van der Waals surface area contributed by atoms with Gasteiger partial charge in [-0.25, -0.2) is 14.8 Å². The van der Waals surface area contributed by atoms with Gasteiger partial charge in [0.15, 0.2) is 5.82 Å². The Hall–Kier alpha value is -2.41. The zero-order valence-electron chi connectivity index (χ0n) is 20.8. The third-order valence-electron chi connectivity index (χ3n) is 6.09. The van der Waals surface area contributed by atoms with Crippen LogP contribution in [0.3, 0.4) is 0 Å². The average Bonchev–Trinajstić information content (AvgIpc) is 3.61. The van der Waals surface area contributed by atoms with Crippen molar-refractivity contribution in [2.45, 2.75) is 58.3 Å². The van der Waals surface area contributed by atoms with E-state index in [1.807, 2.05) is 15.3 Å². The summed E-state index contributed by atoms with van der Waals surface area (Å²) < 4.78 is 17.3. The molecule has 12 heteroatoms. The molecule has 0 atom stereocenters. The van der Waals surface area contributed by atoms with E-state index in [2.05, 4.69) is 90.6 Å². The van der Waals surface area contributed by atoms with Crippen molar-refractivity contribution in [3.8, 4) is 17.2 Å². The lowest BCUT2D eigenvalue weighted by atomic mass is 10.1. The van der Waals surface area contributed by atoms with Gasteiger partial charge in [0.2, 0.25) is 11.6 Å². The Morgan fingerprint density at radius 1 is 1.06 bits per heavy atom. The summed E-state index contributed by atoms with van der Waals surface area (Å²) in [6.45, 7) is 4.86. The third kappa shape index (κ3) is 5.31. The lowest BCUT2D eigenvalue weighted by Crippen LogP contribution is -2.32. The van der Waals surface area contributed by atoms with Crippen LogP contribution in [0.25, 0.3) is 17.2 Å². The molecule has 4 rings (SSSR count). The summed E-state index contributed by atoms with van der Waals surface area (Å²) in [4.78, 5) is 4.86. The molecule has 1 N–H and O–H groups in total. The minimum absolute atomic E-state index is 0.569. The molecule has 0 aliphatic carbocycles. The number of nitrogens with zero attached hydrogens (tertiary/aromatic N) is 7. The van der Waals surface area contributed by atoms with Crippen LogP contribution in [-0.2, 0) is 28.2 Å². The van der Waals surface area contributed by atoms with Crippen LogP contribution >= 0.6 is 31.9 Å². The molecule has 36 heavy (non-hydrogen) atoms. The van der Waals surface area contributed by atoms with E-state index in [-0.39, 0.29) is 0 Å². The molecule has 192 valence electrons. The molecule has 1 aromatic carbocycles. The lowest BCUT2D eigenvalue weighted by molar-refractivity contribution is -0.225. The minimum Gasteiger partial charge on any atom is -0.347 e. The molecular formula is C24H30Br2N8O2. The SMILES string of the molecule is CCCCc1nc(C(CCC)(OC)OC)nn1Cc1ccc(-n2c(Br)cc(Br)c2-c2nnn[nH]2)cc1. The first-order valence-corrected chi connectivity index (χ1v) is 13.5. The number of methoxy groups -OCH3 is 2. The van der Waals surface area contributed by atoms with Gasteiger partial charge in [0.05, 0.1) is 11.1 Å². The van der Waals surface area contributed by atoms with Gasteiger partial charge in [-0.2, -0.15) is 0 Å². The van der Waals surface area contributed by atoms with E-state index in [0.29, 0.717) is 24.6 Å². The van der Waals surface area contributed by atoms with Crippen molar-refractivity contribution < 1.29 is 9.47 Å². The maximum atomic E-state index is 5.77. The number of ether oxygens (including phenoxy) is 2. The molecule has 3 heterocycles. The van der Waals surface area contributed by atoms with Crippen LogP contribution in [0.2, 0.25) is 0 Å². The third-order valence-corrected chi connectivity index (χ3v) is 7.28. The first kappa shape index (κ1) is 26.6. The molecule has 0 unspecified atom stereocenters. The van der Waals surface area contributed by atoms with Crippen molar-refractivity contribution in [1.29, 1.82) is 0 Å². The molecule has 0 saturated heterocycles. The van der Waals surface area contributed by atoms with Crippen LogP contribution in [0.4, 0.5) is 0 Å². The molecule has 0 radical (unpaired) electrons. The Morgan fingerprint density at radius 3 is 2.42 bits per heavy atom. The number of benzene rings is 1. The van der Waals surface area contributed by atoms with Crippen LogP contribution in [0.1, 0.15) is 56.7 Å². The molecule has 0 amide bonds. The number of hydrogen-bond acceptors (Lipinski definition) is 7. The monoisotopic (exact) mass is 620 g/mol. The molecule has 0 aliphatic rings. The summed E-state index contributed by atoms with van der Waals surface area (Å²) in [6, 6.07) is 10.3. The number of unbranched alkanes of at least 4 members (excludes halogenated alkanes) is 1. The van der Waals surface area contributed by atoms with Crippen LogP contribution in [0, 0.1) is 0 Å². The average molecular weight is 622 g/mol. The number of nitrogens with one attached hydrogen (secondary N) is 1. The topological polar surface area (TPSA) is 109 Å². The summed E-state index contributed by atoms with van der Waals surface area (Å²) in [7, 11) is 3.29. The Labute approximate surface area is 227 Å². The predicted molar refractivity (Wildman–Crippen MR) is 143 cm³/mol. The normalized spacial score (nSPS) is 11.9. The molecule has 0 saturated carbocycles. The summed E-state index contributed by atoms with van der Waals surface area (Å²) in [5.41, 5.74) is 2.90. The smallest absolute Gasteiger partial charge is 0.231 e. The van der Waals surface area contributed by atoms with Crippen LogP contribution in [0.15, 0.2) is 39.4 Å².